The molecule has 0 amide bonds. The number of anilines is 1. The molecule has 0 atom stereocenters. The predicted octanol–water partition coefficient (Wildman–Crippen LogP) is 1.80. The van der Waals surface area contributed by atoms with Crippen LogP contribution in [-0.2, 0) is 0 Å². The highest BCUT2D eigenvalue weighted by molar-refractivity contribution is 5.84. The Kier molecular flexibility index (Phi) is 3.03. The largest absolute Gasteiger partial charge is 0.393 e. The number of aliphatic hydroxyl groups excluding tert-OH is 1. The number of aliphatic hydroxyl groups is 1. The van der Waals surface area contributed by atoms with Crippen molar-refractivity contribution in [1.29, 1.82) is 0 Å². The number of aromatic nitrogens is 1. The van der Waals surface area contributed by atoms with E-state index >= 15 is 0 Å². The lowest BCUT2D eigenvalue weighted by Gasteiger charge is -2.30. The van der Waals surface area contributed by atoms with E-state index in [1.54, 1.807) is 0 Å². The maximum Gasteiger partial charge on any atom is 0.271 e. The molecule has 4 nitrogen and oxygen atoms in total. The molecule has 100 valence electrons. The number of piperidine rings is 1. The number of para-hydroxylation sites is 1. The molecule has 1 saturated heterocycles. The number of nitrogens with one attached hydrogen (secondary N) is 1. The number of H-pyrrole nitrogens is 1. The Hall–Kier alpha value is -1.81. The normalized spacial score (nSPS) is 17.1. The van der Waals surface area contributed by atoms with E-state index in [2.05, 4.69) is 9.88 Å². The molecule has 2 N–H and O–H groups in total. The van der Waals surface area contributed by atoms with Gasteiger partial charge in [0.2, 0.25) is 0 Å². The molecule has 0 radical (unpaired) electrons. The van der Waals surface area contributed by atoms with Crippen LogP contribution in [0, 0.1) is 6.92 Å². The van der Waals surface area contributed by atoms with Crippen LogP contribution in [0.4, 0.5) is 5.69 Å². The third kappa shape index (κ3) is 2.24. The van der Waals surface area contributed by atoms with Gasteiger partial charge in [0.1, 0.15) is 5.69 Å². The summed E-state index contributed by atoms with van der Waals surface area (Å²) in [5.74, 6) is 0. The summed E-state index contributed by atoms with van der Waals surface area (Å²) in [6.45, 7) is 3.47. The monoisotopic (exact) mass is 258 g/mol. The Morgan fingerprint density at radius 3 is 2.79 bits per heavy atom. The Balaban J connectivity index is 2.05. The fourth-order valence-corrected chi connectivity index (χ4v) is 2.71. The standard InChI is InChI=1S/C15H18N2O2/c1-10-3-2-4-11-9-13(15(19)16-14(10)11)17-7-5-12(18)6-8-17/h2-4,9,12,18H,5-8H2,1H3,(H,16,19). The molecule has 1 fully saturated rings. The van der Waals surface area contributed by atoms with E-state index in [-0.39, 0.29) is 11.7 Å². The first-order valence-electron chi connectivity index (χ1n) is 6.71. The van der Waals surface area contributed by atoms with E-state index in [1.165, 1.54) is 0 Å². The van der Waals surface area contributed by atoms with Gasteiger partial charge < -0.3 is 15.0 Å². The van der Waals surface area contributed by atoms with E-state index in [9.17, 15) is 9.90 Å². The Morgan fingerprint density at radius 1 is 1.32 bits per heavy atom. The van der Waals surface area contributed by atoms with E-state index in [1.807, 2.05) is 31.2 Å². The predicted molar refractivity (Wildman–Crippen MR) is 76.8 cm³/mol. The minimum atomic E-state index is -0.224. The van der Waals surface area contributed by atoms with Gasteiger partial charge in [0.05, 0.1) is 11.6 Å². The summed E-state index contributed by atoms with van der Waals surface area (Å²) in [5, 5.41) is 10.6. The second-order valence-corrected chi connectivity index (χ2v) is 5.24. The molecule has 19 heavy (non-hydrogen) atoms. The van der Waals surface area contributed by atoms with Crippen molar-refractivity contribution in [3.8, 4) is 0 Å². The van der Waals surface area contributed by atoms with E-state index in [0.29, 0.717) is 5.69 Å². The molecule has 3 rings (SSSR count). The highest BCUT2D eigenvalue weighted by Crippen LogP contribution is 2.21. The summed E-state index contributed by atoms with van der Waals surface area (Å²) in [5.41, 5.74) is 2.66. The summed E-state index contributed by atoms with van der Waals surface area (Å²) in [7, 11) is 0. The number of hydrogen-bond donors (Lipinski definition) is 2. The van der Waals surface area contributed by atoms with Crippen molar-refractivity contribution in [3.63, 3.8) is 0 Å². The molecule has 0 unspecified atom stereocenters. The summed E-state index contributed by atoms with van der Waals surface area (Å²) in [4.78, 5) is 17.2. The summed E-state index contributed by atoms with van der Waals surface area (Å²) in [6, 6.07) is 7.97. The van der Waals surface area contributed by atoms with Crippen molar-refractivity contribution >= 4 is 16.6 Å². The van der Waals surface area contributed by atoms with Gasteiger partial charge in [-0.05, 0) is 31.4 Å². The molecule has 1 aromatic heterocycles. The Labute approximate surface area is 111 Å². The van der Waals surface area contributed by atoms with Gasteiger partial charge in [-0.2, -0.15) is 0 Å². The lowest BCUT2D eigenvalue weighted by molar-refractivity contribution is 0.145. The van der Waals surface area contributed by atoms with Gasteiger partial charge in [-0.1, -0.05) is 18.2 Å². The molecule has 1 aromatic carbocycles. The van der Waals surface area contributed by atoms with Crippen LogP contribution in [0.2, 0.25) is 0 Å². The zero-order valence-corrected chi connectivity index (χ0v) is 11.0. The van der Waals surface area contributed by atoms with Crippen LogP contribution in [0.3, 0.4) is 0 Å². The van der Waals surface area contributed by atoms with Crippen LogP contribution in [0.1, 0.15) is 18.4 Å². The molecular weight excluding hydrogens is 240 g/mol. The number of nitrogens with zero attached hydrogens (tertiary/aromatic N) is 1. The molecule has 4 heteroatoms. The Bertz CT molecular complexity index is 655. The van der Waals surface area contributed by atoms with E-state index in [4.69, 9.17) is 0 Å². The zero-order valence-electron chi connectivity index (χ0n) is 11.0. The molecule has 2 aromatic rings. The van der Waals surface area contributed by atoms with Crippen molar-refractivity contribution in [2.45, 2.75) is 25.9 Å². The van der Waals surface area contributed by atoms with Gasteiger partial charge in [0.25, 0.3) is 5.56 Å². The maximum absolute atomic E-state index is 12.2. The number of pyridine rings is 1. The van der Waals surface area contributed by atoms with Crippen LogP contribution in [0.5, 0.6) is 0 Å². The van der Waals surface area contributed by atoms with Gasteiger partial charge in [-0.15, -0.1) is 0 Å². The number of aromatic amines is 1. The van der Waals surface area contributed by atoms with E-state index in [0.717, 1.165) is 42.4 Å². The highest BCUT2D eigenvalue weighted by atomic mass is 16.3. The second-order valence-electron chi connectivity index (χ2n) is 5.24. The van der Waals surface area contributed by atoms with Crippen molar-refractivity contribution in [3.05, 3.63) is 40.2 Å². The quantitative estimate of drug-likeness (QED) is 0.820. The molecule has 2 heterocycles. The number of benzene rings is 1. The second kappa shape index (κ2) is 4.70. The van der Waals surface area contributed by atoms with E-state index < -0.39 is 0 Å². The first kappa shape index (κ1) is 12.2. The smallest absolute Gasteiger partial charge is 0.271 e. The van der Waals surface area contributed by atoms with Crippen LogP contribution >= 0.6 is 0 Å². The molecule has 1 aliphatic rings. The van der Waals surface area contributed by atoms with Crippen molar-refractivity contribution < 1.29 is 5.11 Å². The molecule has 0 bridgehead atoms. The molecule has 1 aliphatic heterocycles. The maximum atomic E-state index is 12.2. The molecule has 0 saturated carbocycles. The number of aryl methyl sites for hydroxylation is 1. The van der Waals surface area contributed by atoms with Crippen molar-refractivity contribution in [2.24, 2.45) is 0 Å². The minimum absolute atomic E-state index is 0.0433. The van der Waals surface area contributed by atoms with Gasteiger partial charge in [-0.3, -0.25) is 4.79 Å². The highest BCUT2D eigenvalue weighted by Gasteiger charge is 2.19. The third-order valence-electron chi connectivity index (χ3n) is 3.87. The van der Waals surface area contributed by atoms with Gasteiger partial charge in [0.15, 0.2) is 0 Å². The van der Waals surface area contributed by atoms with Gasteiger partial charge >= 0.3 is 0 Å². The number of rotatable bonds is 1. The summed E-state index contributed by atoms with van der Waals surface area (Å²) in [6.07, 6.45) is 1.23. The number of fused-ring (bicyclic) bond motifs is 1. The third-order valence-corrected chi connectivity index (χ3v) is 3.87. The van der Waals surface area contributed by atoms with Crippen molar-refractivity contribution in [2.75, 3.05) is 18.0 Å². The van der Waals surface area contributed by atoms with Gasteiger partial charge in [0, 0.05) is 18.5 Å². The van der Waals surface area contributed by atoms with Crippen LogP contribution < -0.4 is 10.5 Å². The first-order chi connectivity index (χ1) is 9.15. The average Bonchev–Trinajstić information content (AvgIpc) is 2.40. The molecule has 0 aliphatic carbocycles. The SMILES string of the molecule is Cc1cccc2cc(N3CCC(O)CC3)c(=O)[nH]c12. The van der Waals surface area contributed by atoms with Crippen LogP contribution in [0.15, 0.2) is 29.1 Å². The average molecular weight is 258 g/mol. The lowest BCUT2D eigenvalue weighted by Crippen LogP contribution is -2.38. The summed E-state index contributed by atoms with van der Waals surface area (Å²) >= 11 is 0. The summed E-state index contributed by atoms with van der Waals surface area (Å²) < 4.78 is 0. The van der Waals surface area contributed by atoms with Crippen molar-refractivity contribution in [1.82, 2.24) is 4.98 Å². The van der Waals surface area contributed by atoms with Gasteiger partial charge in [-0.25, -0.2) is 0 Å². The fourth-order valence-electron chi connectivity index (χ4n) is 2.71. The molecule has 0 spiro atoms. The first-order valence-corrected chi connectivity index (χ1v) is 6.71. The Morgan fingerprint density at radius 2 is 2.05 bits per heavy atom. The molecular formula is C15H18N2O2. The van der Waals surface area contributed by atoms with Crippen LogP contribution in [-0.4, -0.2) is 29.3 Å². The number of hydrogen-bond acceptors (Lipinski definition) is 3. The fraction of sp³-hybridized carbons (Fsp3) is 0.400. The van der Waals surface area contributed by atoms with Crippen LogP contribution in [0.25, 0.3) is 10.9 Å². The topological polar surface area (TPSA) is 56.3 Å². The zero-order chi connectivity index (χ0) is 13.4. The minimum Gasteiger partial charge on any atom is -0.393 e. The lowest BCUT2D eigenvalue weighted by atomic mass is 10.1.